The summed E-state index contributed by atoms with van der Waals surface area (Å²) in [6.45, 7) is 3.19. The van der Waals surface area contributed by atoms with Crippen LogP contribution in [0.25, 0.3) is 5.69 Å². The number of piperidine rings is 1. The van der Waals surface area contributed by atoms with Crippen LogP contribution in [0.2, 0.25) is 5.02 Å². The molecular weight excluding hydrogens is 258 g/mol. The van der Waals surface area contributed by atoms with E-state index in [9.17, 15) is 0 Å². The number of halogens is 1. The van der Waals surface area contributed by atoms with Crippen LogP contribution in [0, 0.1) is 6.92 Å². The summed E-state index contributed by atoms with van der Waals surface area (Å²) in [5.74, 6) is 0. The summed E-state index contributed by atoms with van der Waals surface area (Å²) in [5, 5.41) is 4.33. The van der Waals surface area contributed by atoms with E-state index in [0.29, 0.717) is 6.04 Å². The van der Waals surface area contributed by atoms with Crippen LogP contribution in [0.5, 0.6) is 0 Å². The van der Waals surface area contributed by atoms with Crippen molar-refractivity contribution >= 4 is 11.6 Å². The quantitative estimate of drug-likeness (QED) is 0.907. The normalized spacial score (nSPS) is 19.6. The summed E-state index contributed by atoms with van der Waals surface area (Å²) in [6, 6.07) is 6.38. The Morgan fingerprint density at radius 2 is 2.26 bits per heavy atom. The van der Waals surface area contributed by atoms with Crippen LogP contribution in [-0.2, 0) is 0 Å². The van der Waals surface area contributed by atoms with Crippen molar-refractivity contribution < 1.29 is 0 Å². The summed E-state index contributed by atoms with van der Waals surface area (Å²) in [7, 11) is 0. The maximum absolute atomic E-state index is 6.12. The van der Waals surface area contributed by atoms with Gasteiger partial charge in [0, 0.05) is 11.1 Å². The van der Waals surface area contributed by atoms with Gasteiger partial charge in [-0.05, 0) is 44.0 Å². The lowest BCUT2D eigenvalue weighted by molar-refractivity contribution is 0.402. The zero-order valence-corrected chi connectivity index (χ0v) is 11.8. The third-order valence-electron chi connectivity index (χ3n) is 3.77. The Morgan fingerprint density at radius 3 is 3.05 bits per heavy atom. The number of nitrogens with zero attached hydrogens (tertiary/aromatic N) is 2. The monoisotopic (exact) mass is 275 g/mol. The Labute approximate surface area is 118 Å². The van der Waals surface area contributed by atoms with Crippen molar-refractivity contribution in [3.63, 3.8) is 0 Å². The van der Waals surface area contributed by atoms with Crippen molar-refractivity contribution in [3.8, 4) is 5.69 Å². The average molecular weight is 276 g/mol. The van der Waals surface area contributed by atoms with Crippen molar-refractivity contribution in [2.24, 2.45) is 0 Å². The average Bonchev–Trinajstić information content (AvgIpc) is 2.91. The SMILES string of the molecule is Cc1ccc(Cl)cc1-n1cncc1C1CCCCN1. The van der Waals surface area contributed by atoms with E-state index in [2.05, 4.69) is 27.9 Å². The number of imidazole rings is 1. The molecule has 2 heterocycles. The van der Waals surface area contributed by atoms with Crippen LogP contribution in [0.1, 0.15) is 36.6 Å². The summed E-state index contributed by atoms with van der Waals surface area (Å²) in [4.78, 5) is 4.32. The van der Waals surface area contributed by atoms with Crippen molar-refractivity contribution in [3.05, 3.63) is 47.0 Å². The highest BCUT2D eigenvalue weighted by molar-refractivity contribution is 6.30. The minimum Gasteiger partial charge on any atom is -0.309 e. The van der Waals surface area contributed by atoms with Gasteiger partial charge in [0.05, 0.1) is 23.9 Å². The second-order valence-electron chi connectivity index (χ2n) is 5.12. The predicted octanol–water partition coefficient (Wildman–Crippen LogP) is 3.65. The number of aryl methyl sites for hydroxylation is 1. The van der Waals surface area contributed by atoms with Gasteiger partial charge in [-0.15, -0.1) is 0 Å². The lowest BCUT2D eigenvalue weighted by atomic mass is 10.0. The highest BCUT2D eigenvalue weighted by Crippen LogP contribution is 2.27. The fraction of sp³-hybridized carbons (Fsp3) is 0.400. The van der Waals surface area contributed by atoms with Gasteiger partial charge < -0.3 is 9.88 Å². The van der Waals surface area contributed by atoms with Gasteiger partial charge >= 0.3 is 0 Å². The molecule has 19 heavy (non-hydrogen) atoms. The molecule has 1 aliphatic heterocycles. The number of hydrogen-bond acceptors (Lipinski definition) is 2. The molecule has 0 aliphatic carbocycles. The molecule has 3 rings (SSSR count). The van der Waals surface area contributed by atoms with E-state index in [1.54, 1.807) is 0 Å². The smallest absolute Gasteiger partial charge is 0.0994 e. The number of nitrogens with one attached hydrogen (secondary N) is 1. The van der Waals surface area contributed by atoms with Crippen LogP contribution < -0.4 is 5.32 Å². The van der Waals surface area contributed by atoms with E-state index in [1.807, 2.05) is 24.7 Å². The lowest BCUT2D eigenvalue weighted by Crippen LogP contribution is -2.28. The van der Waals surface area contributed by atoms with Gasteiger partial charge in [-0.1, -0.05) is 24.1 Å². The third kappa shape index (κ3) is 2.53. The van der Waals surface area contributed by atoms with Gasteiger partial charge in [0.15, 0.2) is 0 Å². The second-order valence-corrected chi connectivity index (χ2v) is 5.56. The van der Waals surface area contributed by atoms with Crippen molar-refractivity contribution in [2.45, 2.75) is 32.2 Å². The molecule has 0 saturated carbocycles. The third-order valence-corrected chi connectivity index (χ3v) is 4.00. The Bertz CT molecular complexity index is 571. The molecule has 1 unspecified atom stereocenters. The highest BCUT2D eigenvalue weighted by Gasteiger charge is 2.19. The van der Waals surface area contributed by atoms with Gasteiger partial charge in [-0.25, -0.2) is 4.98 Å². The van der Waals surface area contributed by atoms with Gasteiger partial charge in [0.2, 0.25) is 0 Å². The molecule has 3 nitrogen and oxygen atoms in total. The first kappa shape index (κ1) is 12.7. The first-order valence-electron chi connectivity index (χ1n) is 6.78. The Hall–Kier alpha value is -1.32. The highest BCUT2D eigenvalue weighted by atomic mass is 35.5. The molecule has 1 atom stereocenters. The standard InChI is InChI=1S/C15H18ClN3/c1-11-5-6-12(16)8-14(11)19-10-17-9-15(19)13-4-2-3-7-18-13/h5-6,8-10,13,18H,2-4,7H2,1H3. The summed E-state index contributed by atoms with van der Waals surface area (Å²) in [6.07, 6.45) is 7.55. The number of hydrogen-bond donors (Lipinski definition) is 1. The Morgan fingerprint density at radius 1 is 1.37 bits per heavy atom. The minimum atomic E-state index is 0.398. The van der Waals surface area contributed by atoms with E-state index >= 15 is 0 Å². The van der Waals surface area contributed by atoms with Gasteiger partial charge in [0.1, 0.15) is 0 Å². The predicted molar refractivity (Wildman–Crippen MR) is 77.9 cm³/mol. The Kier molecular flexibility index (Phi) is 3.58. The second kappa shape index (κ2) is 5.35. The Balaban J connectivity index is 2.01. The summed E-state index contributed by atoms with van der Waals surface area (Å²) >= 11 is 6.12. The molecule has 100 valence electrons. The molecule has 1 aliphatic rings. The fourth-order valence-corrected chi connectivity index (χ4v) is 2.88. The number of rotatable bonds is 2. The van der Waals surface area contributed by atoms with Crippen molar-refractivity contribution in [1.29, 1.82) is 0 Å². The molecule has 1 fully saturated rings. The largest absolute Gasteiger partial charge is 0.309 e. The number of aromatic nitrogens is 2. The molecule has 1 N–H and O–H groups in total. The molecule has 2 aromatic rings. The number of benzene rings is 1. The van der Waals surface area contributed by atoms with Crippen LogP contribution >= 0.6 is 11.6 Å². The fourth-order valence-electron chi connectivity index (χ4n) is 2.71. The molecule has 1 saturated heterocycles. The van der Waals surface area contributed by atoms with Crippen LogP contribution in [0.4, 0.5) is 0 Å². The van der Waals surface area contributed by atoms with Crippen molar-refractivity contribution in [2.75, 3.05) is 6.54 Å². The zero-order valence-electron chi connectivity index (χ0n) is 11.1. The molecule has 0 amide bonds. The van der Waals surface area contributed by atoms with Gasteiger partial charge in [-0.2, -0.15) is 0 Å². The zero-order chi connectivity index (χ0) is 13.2. The molecule has 1 aromatic heterocycles. The van der Waals surface area contributed by atoms with E-state index in [1.165, 1.54) is 30.5 Å². The first-order valence-corrected chi connectivity index (χ1v) is 7.15. The van der Waals surface area contributed by atoms with E-state index in [0.717, 1.165) is 17.3 Å². The molecule has 4 heteroatoms. The maximum atomic E-state index is 6.12. The van der Waals surface area contributed by atoms with Crippen LogP contribution in [0.3, 0.4) is 0 Å². The molecule has 0 radical (unpaired) electrons. The molecule has 1 aromatic carbocycles. The minimum absolute atomic E-state index is 0.398. The topological polar surface area (TPSA) is 29.9 Å². The van der Waals surface area contributed by atoms with E-state index in [-0.39, 0.29) is 0 Å². The van der Waals surface area contributed by atoms with E-state index < -0.39 is 0 Å². The molecular formula is C15H18ClN3. The van der Waals surface area contributed by atoms with Gasteiger partial charge in [0.25, 0.3) is 0 Å². The maximum Gasteiger partial charge on any atom is 0.0994 e. The molecule has 0 bridgehead atoms. The molecule has 0 spiro atoms. The first-order chi connectivity index (χ1) is 9.25. The summed E-state index contributed by atoms with van der Waals surface area (Å²) < 4.78 is 2.16. The van der Waals surface area contributed by atoms with Crippen molar-refractivity contribution in [1.82, 2.24) is 14.9 Å². The van der Waals surface area contributed by atoms with Gasteiger partial charge in [-0.3, -0.25) is 0 Å². The van der Waals surface area contributed by atoms with Crippen LogP contribution in [-0.4, -0.2) is 16.1 Å². The van der Waals surface area contributed by atoms with Crippen LogP contribution in [0.15, 0.2) is 30.7 Å². The van der Waals surface area contributed by atoms with E-state index in [4.69, 9.17) is 11.6 Å². The lowest BCUT2D eigenvalue weighted by Gasteiger charge is -2.25. The summed E-state index contributed by atoms with van der Waals surface area (Å²) in [5.41, 5.74) is 3.55.